The topological polar surface area (TPSA) is 85.3 Å². The van der Waals surface area contributed by atoms with Crippen LogP contribution in [-0.2, 0) is 30.5 Å². The summed E-state index contributed by atoms with van der Waals surface area (Å²) in [6, 6.07) is 8.37. The van der Waals surface area contributed by atoms with Crippen molar-refractivity contribution in [2.45, 2.75) is 65.3 Å². The first-order valence-electron chi connectivity index (χ1n) is 9.40. The molecule has 0 spiro atoms. The van der Waals surface area contributed by atoms with Gasteiger partial charge in [0.15, 0.2) is 12.0 Å². The van der Waals surface area contributed by atoms with Crippen molar-refractivity contribution in [1.82, 2.24) is 4.90 Å². The Hall–Kier alpha value is -2.96. The fraction of sp³-hybridized carbons (Fsp3) is 0.455. The molecule has 2 rings (SSSR count). The Balaban J connectivity index is 2.50. The molecule has 0 bridgehead atoms. The van der Waals surface area contributed by atoms with Crippen molar-refractivity contribution >= 4 is 24.4 Å². The third-order valence-electron chi connectivity index (χ3n) is 4.04. The van der Waals surface area contributed by atoms with Crippen LogP contribution in [-0.4, -0.2) is 46.5 Å². The summed E-state index contributed by atoms with van der Waals surface area (Å²) < 4.78 is 11.3. The highest BCUT2D eigenvalue weighted by molar-refractivity contribution is 6.36. The molecule has 0 saturated carbocycles. The Labute approximate surface area is 171 Å². The number of rotatable bonds is 6. The lowest BCUT2D eigenvalue weighted by molar-refractivity contribution is -0.147. The van der Waals surface area contributed by atoms with Gasteiger partial charge in [0, 0.05) is 5.54 Å². The van der Waals surface area contributed by atoms with Crippen molar-refractivity contribution in [3.05, 3.63) is 47.4 Å². The number of hydrogen-bond acceptors (Lipinski definition) is 7. The van der Waals surface area contributed by atoms with Crippen LogP contribution in [0.1, 0.15) is 47.1 Å². The number of ether oxygens (including phenoxy) is 2. The van der Waals surface area contributed by atoms with Gasteiger partial charge in [0.2, 0.25) is 5.84 Å². The maximum Gasteiger partial charge on any atom is 0.374 e. The molecule has 0 aliphatic carbocycles. The summed E-state index contributed by atoms with van der Waals surface area (Å²) in [5.74, 6) is -0.694. The van der Waals surface area contributed by atoms with Gasteiger partial charge in [-0.25, -0.2) is 9.79 Å². The highest BCUT2D eigenvalue weighted by Crippen LogP contribution is 2.30. The van der Waals surface area contributed by atoms with E-state index in [4.69, 9.17) is 9.47 Å². The second kappa shape index (κ2) is 8.59. The molecule has 0 fully saturated rings. The molecule has 1 atom stereocenters. The van der Waals surface area contributed by atoms with Gasteiger partial charge in [-0.3, -0.25) is 4.79 Å². The quantitative estimate of drug-likeness (QED) is 0.539. The first kappa shape index (κ1) is 22.3. The van der Waals surface area contributed by atoms with E-state index in [1.54, 1.807) is 20.8 Å². The predicted octanol–water partition coefficient (Wildman–Crippen LogP) is 3.04. The number of carbonyl (C=O) groups is 3. The smallest absolute Gasteiger partial charge is 0.374 e. The van der Waals surface area contributed by atoms with Crippen molar-refractivity contribution in [2.24, 2.45) is 4.99 Å². The molecule has 0 aromatic heterocycles. The van der Waals surface area contributed by atoms with E-state index in [9.17, 15) is 14.4 Å². The minimum absolute atomic E-state index is 0.0978. The van der Waals surface area contributed by atoms with Gasteiger partial charge < -0.3 is 19.2 Å². The van der Waals surface area contributed by atoms with Crippen molar-refractivity contribution in [3.63, 3.8) is 0 Å². The zero-order valence-corrected chi connectivity index (χ0v) is 17.8. The Morgan fingerprint density at radius 3 is 2.21 bits per heavy atom. The van der Waals surface area contributed by atoms with Crippen LogP contribution in [0.2, 0.25) is 0 Å². The number of nitrogens with zero attached hydrogens (tertiary/aromatic N) is 2. The number of amidine groups is 1. The number of benzene rings is 1. The van der Waals surface area contributed by atoms with E-state index in [0.717, 1.165) is 5.56 Å². The summed E-state index contributed by atoms with van der Waals surface area (Å²) in [6.07, 6.45) is 1.13. The standard InChI is InChI=1S/C22H28N2O5/c1-21(2,3)24-17(13-26)18(28-14-15-10-8-7-9-11-15)16(12-25)23-19(24)20(27)29-22(4,5)6/h7-13,17H,14H2,1-6H3/t17-/m0/s1. The van der Waals surface area contributed by atoms with E-state index in [1.165, 1.54) is 4.90 Å². The van der Waals surface area contributed by atoms with E-state index in [1.807, 2.05) is 51.1 Å². The molecule has 29 heavy (non-hydrogen) atoms. The van der Waals surface area contributed by atoms with Crippen LogP contribution >= 0.6 is 0 Å². The molecule has 1 aromatic carbocycles. The van der Waals surface area contributed by atoms with Crippen molar-refractivity contribution in [2.75, 3.05) is 0 Å². The lowest BCUT2D eigenvalue weighted by Gasteiger charge is -2.43. The molecule has 1 heterocycles. The third kappa shape index (κ3) is 5.53. The van der Waals surface area contributed by atoms with Gasteiger partial charge in [-0.15, -0.1) is 0 Å². The minimum Gasteiger partial charge on any atom is -0.488 e. The zero-order chi connectivity index (χ0) is 21.8. The summed E-state index contributed by atoms with van der Waals surface area (Å²) in [5, 5.41) is 0. The molecule has 0 unspecified atom stereocenters. The summed E-state index contributed by atoms with van der Waals surface area (Å²) >= 11 is 0. The van der Waals surface area contributed by atoms with Gasteiger partial charge in [-0.2, -0.15) is 0 Å². The van der Waals surface area contributed by atoms with Crippen molar-refractivity contribution in [1.29, 1.82) is 0 Å². The fourth-order valence-corrected chi connectivity index (χ4v) is 2.93. The van der Waals surface area contributed by atoms with Crippen LogP contribution in [0.5, 0.6) is 0 Å². The zero-order valence-electron chi connectivity index (χ0n) is 17.8. The van der Waals surface area contributed by atoms with Gasteiger partial charge in [0.25, 0.3) is 0 Å². The second-order valence-electron chi connectivity index (χ2n) is 8.70. The molecule has 7 heteroatoms. The second-order valence-corrected chi connectivity index (χ2v) is 8.70. The van der Waals surface area contributed by atoms with Crippen LogP contribution in [0.4, 0.5) is 0 Å². The summed E-state index contributed by atoms with van der Waals surface area (Å²) in [5.41, 5.74) is -0.648. The van der Waals surface area contributed by atoms with E-state index in [2.05, 4.69) is 4.99 Å². The number of esters is 1. The molecule has 1 aromatic rings. The van der Waals surface area contributed by atoms with Crippen molar-refractivity contribution in [3.8, 4) is 0 Å². The number of hydrogen-bond donors (Lipinski definition) is 0. The average Bonchev–Trinajstić information content (AvgIpc) is 2.63. The van der Waals surface area contributed by atoms with Gasteiger partial charge in [-0.1, -0.05) is 30.3 Å². The average molecular weight is 400 g/mol. The number of carbonyl (C=O) groups excluding carboxylic acids is 3. The molecule has 1 aliphatic rings. The Kier molecular flexibility index (Phi) is 6.62. The van der Waals surface area contributed by atoms with E-state index in [0.29, 0.717) is 12.6 Å². The first-order valence-corrected chi connectivity index (χ1v) is 9.40. The van der Waals surface area contributed by atoms with Gasteiger partial charge in [-0.05, 0) is 47.1 Å². The molecule has 1 aliphatic heterocycles. The van der Waals surface area contributed by atoms with Crippen molar-refractivity contribution < 1.29 is 23.9 Å². The molecule has 0 N–H and O–H groups in total. The summed E-state index contributed by atoms with van der Waals surface area (Å²) in [6.45, 7) is 10.9. The minimum atomic E-state index is -0.987. The molecule has 7 nitrogen and oxygen atoms in total. The Morgan fingerprint density at radius 2 is 1.72 bits per heavy atom. The van der Waals surface area contributed by atoms with Crippen LogP contribution in [0.3, 0.4) is 0 Å². The van der Waals surface area contributed by atoms with E-state index < -0.39 is 23.2 Å². The molecule has 0 radical (unpaired) electrons. The van der Waals surface area contributed by atoms with Crippen LogP contribution in [0.15, 0.2) is 46.8 Å². The molecular weight excluding hydrogens is 372 g/mol. The lowest BCUT2D eigenvalue weighted by atomic mass is 9.99. The van der Waals surface area contributed by atoms with Crippen LogP contribution < -0.4 is 0 Å². The maximum atomic E-state index is 12.8. The Morgan fingerprint density at radius 1 is 1.10 bits per heavy atom. The van der Waals surface area contributed by atoms with Crippen LogP contribution in [0.25, 0.3) is 0 Å². The predicted molar refractivity (Wildman–Crippen MR) is 109 cm³/mol. The fourth-order valence-electron chi connectivity index (χ4n) is 2.93. The van der Waals surface area contributed by atoms with E-state index >= 15 is 0 Å². The summed E-state index contributed by atoms with van der Waals surface area (Å²) in [4.78, 5) is 42.3. The largest absolute Gasteiger partial charge is 0.488 e. The molecule has 156 valence electrons. The number of aliphatic imine (C=N–C) groups is 1. The van der Waals surface area contributed by atoms with Crippen LogP contribution in [0, 0.1) is 0 Å². The highest BCUT2D eigenvalue weighted by atomic mass is 16.6. The van der Waals surface area contributed by atoms with E-state index in [-0.39, 0.29) is 23.9 Å². The Bertz CT molecular complexity index is 829. The lowest BCUT2D eigenvalue weighted by Crippen LogP contribution is -2.58. The van der Waals surface area contributed by atoms with Gasteiger partial charge in [0.1, 0.15) is 30.2 Å². The van der Waals surface area contributed by atoms with Gasteiger partial charge >= 0.3 is 5.97 Å². The normalized spacial score (nSPS) is 17.5. The first-order chi connectivity index (χ1) is 13.5. The number of allylic oxidation sites excluding steroid dienone is 1. The summed E-state index contributed by atoms with van der Waals surface area (Å²) in [7, 11) is 0. The monoisotopic (exact) mass is 400 g/mol. The SMILES string of the molecule is CC(C)(C)OC(=O)C1=NC(C=O)=C(OCc2ccccc2)[C@H](C=O)N1C(C)(C)C. The molecule has 0 amide bonds. The number of aldehydes is 2. The maximum absolute atomic E-state index is 12.8. The highest BCUT2D eigenvalue weighted by Gasteiger charge is 2.43. The van der Waals surface area contributed by atoms with Gasteiger partial charge in [0.05, 0.1) is 0 Å². The molecular formula is C22H28N2O5. The molecule has 0 saturated heterocycles. The third-order valence-corrected chi connectivity index (χ3v) is 4.04.